The number of hydrogen-bond acceptors (Lipinski definition) is 4. The number of pyridine rings is 1. The highest BCUT2D eigenvalue weighted by Crippen LogP contribution is 2.31. The molecule has 19 heavy (non-hydrogen) atoms. The Kier molecular flexibility index (Phi) is 1.92. The predicted molar refractivity (Wildman–Crippen MR) is 70.6 cm³/mol. The first-order valence-electron chi connectivity index (χ1n) is 6.99. The summed E-state index contributed by atoms with van der Waals surface area (Å²) in [4.78, 5) is 3.58. The van der Waals surface area contributed by atoms with Crippen molar-refractivity contribution < 1.29 is 18.0 Å². The summed E-state index contributed by atoms with van der Waals surface area (Å²) in [7, 11) is 0. The summed E-state index contributed by atoms with van der Waals surface area (Å²) >= 11 is 0. The quantitative estimate of drug-likeness (QED) is 0.697. The third-order valence-electron chi connectivity index (χ3n) is 2.74. The van der Waals surface area contributed by atoms with Crippen LogP contribution in [0.2, 0.25) is 0 Å². The van der Waals surface area contributed by atoms with E-state index in [2.05, 4.69) is 10.3 Å². The van der Waals surface area contributed by atoms with E-state index in [0.29, 0.717) is 11.0 Å². The average molecular weight is 264 g/mol. The number of halogens is 1. The maximum Gasteiger partial charge on any atom is 0.225 e. The van der Waals surface area contributed by atoms with Gasteiger partial charge in [0.25, 0.3) is 0 Å². The van der Waals surface area contributed by atoms with Crippen molar-refractivity contribution in [2.75, 3.05) is 12.3 Å². The van der Waals surface area contributed by atoms with E-state index in [9.17, 15) is 9.50 Å². The van der Waals surface area contributed by atoms with Gasteiger partial charge in [-0.15, -0.1) is 0 Å². The van der Waals surface area contributed by atoms with Gasteiger partial charge in [0.05, 0.1) is 5.56 Å². The lowest BCUT2D eigenvalue weighted by Gasteiger charge is -2.01. The number of rotatable bonds is 2. The first-order valence-corrected chi connectivity index (χ1v) is 5.49. The molecule has 0 radical (unpaired) electrons. The summed E-state index contributed by atoms with van der Waals surface area (Å²) in [5, 5.41) is 12.2. The average Bonchev–Trinajstić information content (AvgIpc) is 2.79. The molecule has 0 fully saturated rings. The molecule has 0 atom stereocenters. The highest BCUT2D eigenvalue weighted by molar-refractivity contribution is 5.84. The number of benzene rings is 1. The van der Waals surface area contributed by atoms with Gasteiger partial charge in [-0.3, -0.25) is 0 Å². The van der Waals surface area contributed by atoms with E-state index in [1.165, 1.54) is 24.3 Å². The number of phenols is 1. The van der Waals surface area contributed by atoms with E-state index in [1.807, 2.05) is 0 Å². The van der Waals surface area contributed by atoms with Gasteiger partial charge < -0.3 is 14.8 Å². The second kappa shape index (κ2) is 4.28. The number of fused-ring (bicyclic) bond motifs is 1. The van der Waals surface area contributed by atoms with Crippen LogP contribution < -0.4 is 5.32 Å². The Bertz CT molecular complexity index is 846. The molecule has 0 amide bonds. The summed E-state index contributed by atoms with van der Waals surface area (Å²) in [5.74, 6) is -0.616. The van der Waals surface area contributed by atoms with Gasteiger partial charge in [0.1, 0.15) is 22.9 Å². The molecule has 0 aliphatic carbocycles. The van der Waals surface area contributed by atoms with Gasteiger partial charge in [0, 0.05) is 16.5 Å². The number of hydrogen-bond donors (Lipinski definition) is 2. The molecular formula is C14H11FN2O2. The molecule has 4 nitrogen and oxygen atoms in total. The largest absolute Gasteiger partial charge is 0.508 e. The smallest absolute Gasteiger partial charge is 0.225 e. The van der Waals surface area contributed by atoms with E-state index in [-0.39, 0.29) is 22.9 Å². The minimum Gasteiger partial charge on any atom is -0.508 e. The fraction of sp³-hybridized carbons (Fsp3) is 0.0714. The lowest BCUT2D eigenvalue weighted by molar-refractivity contribution is 0.476. The zero-order valence-electron chi connectivity index (χ0n) is 12.6. The van der Waals surface area contributed by atoms with Gasteiger partial charge in [0.15, 0.2) is 0 Å². The Balaban J connectivity index is 1.99. The standard InChI is InChI=1S/C14H11FN2O2/c1-16-13-5-3-10(14(15)17-13)12-7-8-6-9(18)2-4-11(8)19-12/h2-7,18H,1H3,(H,16,17)/i1T3. The van der Waals surface area contributed by atoms with E-state index in [1.54, 1.807) is 12.1 Å². The number of furan rings is 1. The Morgan fingerprint density at radius 2 is 2.21 bits per heavy atom. The van der Waals surface area contributed by atoms with Crippen LogP contribution >= 0.6 is 0 Å². The van der Waals surface area contributed by atoms with Crippen LogP contribution in [0.4, 0.5) is 10.2 Å². The molecule has 2 aromatic heterocycles. The van der Waals surface area contributed by atoms with Crippen LogP contribution in [-0.4, -0.2) is 17.1 Å². The normalized spacial score (nSPS) is 13.8. The second-order valence-electron chi connectivity index (χ2n) is 3.99. The SMILES string of the molecule is [3H]C([3H])([3H])Nc1ccc(-c2cc3cc(O)ccc3o2)c(F)n1. The van der Waals surface area contributed by atoms with Crippen LogP contribution in [0.15, 0.2) is 40.8 Å². The third-order valence-corrected chi connectivity index (χ3v) is 2.74. The van der Waals surface area contributed by atoms with Crippen LogP contribution in [0, 0.1) is 5.95 Å². The maximum atomic E-state index is 14.1. The van der Waals surface area contributed by atoms with Gasteiger partial charge in [0.2, 0.25) is 5.95 Å². The number of aromatic hydroxyl groups is 1. The summed E-state index contributed by atoms with van der Waals surface area (Å²) in [6.07, 6.45) is 0. The molecule has 0 saturated carbocycles. The summed E-state index contributed by atoms with van der Waals surface area (Å²) in [6, 6.07) is 8.85. The summed E-state index contributed by atoms with van der Waals surface area (Å²) in [6.45, 7) is -2.45. The molecule has 2 heterocycles. The predicted octanol–water partition coefficient (Wildman–Crippen LogP) is 3.38. The molecule has 2 N–H and O–H groups in total. The van der Waals surface area contributed by atoms with Crippen molar-refractivity contribution in [2.45, 2.75) is 0 Å². The monoisotopic (exact) mass is 264 g/mol. The molecule has 0 bridgehead atoms. The molecule has 3 rings (SSSR count). The van der Waals surface area contributed by atoms with Crippen LogP contribution in [0.3, 0.4) is 0 Å². The van der Waals surface area contributed by atoms with E-state index in [0.717, 1.165) is 0 Å². The van der Waals surface area contributed by atoms with E-state index >= 15 is 0 Å². The minimum absolute atomic E-state index is 0.0793. The van der Waals surface area contributed by atoms with Crippen molar-refractivity contribution >= 4 is 16.8 Å². The second-order valence-corrected chi connectivity index (χ2v) is 3.99. The van der Waals surface area contributed by atoms with Crippen LogP contribution in [0.1, 0.15) is 4.11 Å². The molecule has 1 aromatic carbocycles. The Labute approximate surface area is 112 Å². The highest BCUT2D eigenvalue weighted by Gasteiger charge is 2.12. The van der Waals surface area contributed by atoms with E-state index < -0.39 is 12.9 Å². The lowest BCUT2D eigenvalue weighted by atomic mass is 10.2. The first-order chi connectivity index (χ1) is 10.3. The van der Waals surface area contributed by atoms with Crippen LogP contribution in [0.25, 0.3) is 22.3 Å². The third kappa shape index (κ3) is 1.99. The Hall–Kier alpha value is -2.56. The van der Waals surface area contributed by atoms with Gasteiger partial charge in [-0.2, -0.15) is 4.39 Å². The number of anilines is 1. The highest BCUT2D eigenvalue weighted by atomic mass is 19.1. The molecule has 0 spiro atoms. The molecule has 5 heteroatoms. The van der Waals surface area contributed by atoms with Crippen molar-refractivity contribution in [1.82, 2.24) is 4.98 Å². The molecule has 0 aliphatic heterocycles. The lowest BCUT2D eigenvalue weighted by Crippen LogP contribution is -1.95. The maximum absolute atomic E-state index is 14.1. The molecule has 96 valence electrons. The fourth-order valence-electron chi connectivity index (χ4n) is 1.85. The van der Waals surface area contributed by atoms with Crippen LogP contribution in [-0.2, 0) is 0 Å². The molecule has 3 aromatic rings. The van der Waals surface area contributed by atoms with Gasteiger partial charge in [-0.25, -0.2) is 4.98 Å². The van der Waals surface area contributed by atoms with Crippen LogP contribution in [0.5, 0.6) is 5.75 Å². The summed E-state index contributed by atoms with van der Waals surface area (Å²) in [5.41, 5.74) is 0.601. The van der Waals surface area contributed by atoms with Crippen molar-refractivity contribution in [2.24, 2.45) is 0 Å². The molecule has 0 saturated heterocycles. The number of phenolic OH excluding ortho intramolecular Hbond substituents is 1. The minimum atomic E-state index is -2.45. The number of aromatic nitrogens is 1. The van der Waals surface area contributed by atoms with Gasteiger partial charge >= 0.3 is 0 Å². The van der Waals surface area contributed by atoms with E-state index in [4.69, 9.17) is 8.53 Å². The first kappa shape index (κ1) is 8.53. The molecule has 0 unspecified atom stereocenters. The van der Waals surface area contributed by atoms with Gasteiger partial charge in [-0.05, 0) is 36.4 Å². The Morgan fingerprint density at radius 1 is 1.32 bits per heavy atom. The zero-order valence-corrected chi connectivity index (χ0v) is 9.64. The Morgan fingerprint density at radius 3 is 3.00 bits per heavy atom. The van der Waals surface area contributed by atoms with Crippen molar-refractivity contribution in [3.8, 4) is 17.1 Å². The number of nitrogens with one attached hydrogen (secondary N) is 1. The molecule has 0 aliphatic rings. The molecular weight excluding hydrogens is 247 g/mol. The summed E-state index contributed by atoms with van der Waals surface area (Å²) < 4.78 is 40.8. The topological polar surface area (TPSA) is 58.3 Å². The van der Waals surface area contributed by atoms with Crippen molar-refractivity contribution in [3.63, 3.8) is 0 Å². The van der Waals surface area contributed by atoms with Gasteiger partial charge in [-0.1, -0.05) is 0 Å². The zero-order chi connectivity index (χ0) is 15.9. The van der Waals surface area contributed by atoms with Crippen molar-refractivity contribution in [3.05, 3.63) is 42.3 Å². The fourth-order valence-corrected chi connectivity index (χ4v) is 1.85. The van der Waals surface area contributed by atoms with Crippen molar-refractivity contribution in [1.29, 1.82) is 0 Å². The number of nitrogens with zero attached hydrogens (tertiary/aromatic N) is 1.